The molecule has 0 aliphatic heterocycles. The van der Waals surface area contributed by atoms with Gasteiger partial charge in [0, 0.05) is 30.4 Å². The second-order valence-electron chi connectivity index (χ2n) is 10.4. The van der Waals surface area contributed by atoms with E-state index in [9.17, 15) is 9.59 Å². The first-order valence-corrected chi connectivity index (χ1v) is 12.5. The Balaban J connectivity index is 1.44. The molecule has 1 aromatic carbocycles. The molecular formula is C28H34N2O4. The van der Waals surface area contributed by atoms with Gasteiger partial charge >= 0.3 is 5.97 Å². The van der Waals surface area contributed by atoms with Crippen molar-refractivity contribution < 1.29 is 19.1 Å². The molecule has 180 valence electrons. The first-order valence-electron chi connectivity index (χ1n) is 12.5. The Hall–Kier alpha value is -2.89. The maximum atomic E-state index is 13.9. The van der Waals surface area contributed by atoms with Crippen LogP contribution in [-0.2, 0) is 14.3 Å². The summed E-state index contributed by atoms with van der Waals surface area (Å²) in [6.45, 7) is 0.676. The molecule has 1 heterocycles. The highest BCUT2D eigenvalue weighted by Crippen LogP contribution is 2.62. The number of fused-ring (bicyclic) bond motifs is 1. The number of nitrogens with zero attached hydrogens (tertiary/aromatic N) is 2. The summed E-state index contributed by atoms with van der Waals surface area (Å²) in [6.07, 6.45) is 9.97. The molecule has 0 unspecified atom stereocenters. The molecule has 6 rings (SSSR count). The number of carbonyl (C=O) groups excluding carboxylic acids is 2. The van der Waals surface area contributed by atoms with Gasteiger partial charge in [-0.3, -0.25) is 9.59 Å². The normalized spacial score (nSPS) is 25.9. The van der Waals surface area contributed by atoms with E-state index in [1.807, 2.05) is 29.2 Å². The molecule has 2 bridgehead atoms. The fourth-order valence-corrected chi connectivity index (χ4v) is 6.51. The number of carbonyl (C=O) groups is 2. The smallest absolute Gasteiger partial charge is 0.308 e. The van der Waals surface area contributed by atoms with Crippen molar-refractivity contribution >= 4 is 17.6 Å². The number of esters is 1. The number of amides is 1. The van der Waals surface area contributed by atoms with Gasteiger partial charge in [0.05, 0.1) is 20.1 Å². The van der Waals surface area contributed by atoms with Crippen molar-refractivity contribution in [1.82, 2.24) is 4.98 Å². The molecule has 4 fully saturated rings. The summed E-state index contributed by atoms with van der Waals surface area (Å²) in [6, 6.07) is 12.1. The SMILES string of the molecule is COC(=O)[C@H]1CC2(CN(C(=O)C3CCCCC3)c3cccc(-c4ccnc(OC)c4)c3)CC1C2. The number of hydrogen-bond donors (Lipinski definition) is 0. The second kappa shape index (κ2) is 9.40. The molecule has 4 aliphatic carbocycles. The van der Waals surface area contributed by atoms with Crippen LogP contribution in [0.3, 0.4) is 0 Å². The van der Waals surface area contributed by atoms with Gasteiger partial charge in [0.1, 0.15) is 0 Å². The topological polar surface area (TPSA) is 68.7 Å². The van der Waals surface area contributed by atoms with Crippen LogP contribution in [0.2, 0.25) is 0 Å². The summed E-state index contributed by atoms with van der Waals surface area (Å²) in [4.78, 5) is 32.4. The highest BCUT2D eigenvalue weighted by atomic mass is 16.5. The number of ether oxygens (including phenoxy) is 2. The zero-order chi connectivity index (χ0) is 23.7. The second-order valence-corrected chi connectivity index (χ2v) is 10.4. The highest BCUT2D eigenvalue weighted by molar-refractivity contribution is 5.96. The van der Waals surface area contributed by atoms with E-state index >= 15 is 0 Å². The summed E-state index contributed by atoms with van der Waals surface area (Å²) in [5.41, 5.74) is 2.99. The van der Waals surface area contributed by atoms with Crippen LogP contribution in [0.15, 0.2) is 42.6 Å². The van der Waals surface area contributed by atoms with E-state index in [4.69, 9.17) is 9.47 Å². The minimum absolute atomic E-state index is 0.0176. The fraction of sp³-hybridized carbons (Fsp3) is 0.536. The molecule has 4 saturated carbocycles. The van der Waals surface area contributed by atoms with Crippen molar-refractivity contribution in [3.63, 3.8) is 0 Å². The lowest BCUT2D eigenvalue weighted by Gasteiger charge is -2.43. The molecule has 1 atom stereocenters. The molecule has 0 spiro atoms. The van der Waals surface area contributed by atoms with E-state index < -0.39 is 0 Å². The van der Waals surface area contributed by atoms with Gasteiger partial charge in [-0.1, -0.05) is 31.4 Å². The quantitative estimate of drug-likeness (QED) is 0.525. The summed E-state index contributed by atoms with van der Waals surface area (Å²) >= 11 is 0. The summed E-state index contributed by atoms with van der Waals surface area (Å²) in [7, 11) is 3.09. The average molecular weight is 463 g/mol. The van der Waals surface area contributed by atoms with E-state index in [1.54, 1.807) is 13.3 Å². The maximum absolute atomic E-state index is 13.9. The summed E-state index contributed by atoms with van der Waals surface area (Å²) in [5.74, 6) is 1.18. The van der Waals surface area contributed by atoms with Crippen LogP contribution in [0.25, 0.3) is 11.1 Å². The monoisotopic (exact) mass is 462 g/mol. The van der Waals surface area contributed by atoms with E-state index in [-0.39, 0.29) is 29.1 Å². The minimum atomic E-state index is -0.0943. The Bertz CT molecular complexity index is 1060. The van der Waals surface area contributed by atoms with Gasteiger partial charge in [-0.25, -0.2) is 4.98 Å². The van der Waals surface area contributed by atoms with Crippen LogP contribution >= 0.6 is 0 Å². The number of hydrogen-bond acceptors (Lipinski definition) is 5. The molecular weight excluding hydrogens is 428 g/mol. The van der Waals surface area contributed by atoms with Crippen molar-refractivity contribution in [3.05, 3.63) is 42.6 Å². The summed E-state index contributed by atoms with van der Waals surface area (Å²) < 4.78 is 10.4. The minimum Gasteiger partial charge on any atom is -0.481 e. The largest absolute Gasteiger partial charge is 0.481 e. The van der Waals surface area contributed by atoms with Crippen molar-refractivity contribution in [2.24, 2.45) is 23.2 Å². The lowest BCUT2D eigenvalue weighted by molar-refractivity contribution is -0.146. The van der Waals surface area contributed by atoms with E-state index in [1.165, 1.54) is 13.5 Å². The molecule has 6 nitrogen and oxygen atoms in total. The van der Waals surface area contributed by atoms with Gasteiger partial charge in [0.2, 0.25) is 11.8 Å². The highest BCUT2D eigenvalue weighted by Gasteiger charge is 2.59. The Labute approximate surface area is 201 Å². The predicted octanol–water partition coefficient (Wildman–Crippen LogP) is 5.26. The first-order chi connectivity index (χ1) is 16.5. The molecule has 0 radical (unpaired) electrons. The van der Waals surface area contributed by atoms with Crippen molar-refractivity contribution in [3.8, 4) is 17.0 Å². The third-order valence-electron chi connectivity index (χ3n) is 8.27. The Morgan fingerprint density at radius 2 is 1.79 bits per heavy atom. The molecule has 6 heteroatoms. The number of pyridine rings is 1. The summed E-state index contributed by atoms with van der Waals surface area (Å²) in [5, 5.41) is 0. The van der Waals surface area contributed by atoms with Crippen LogP contribution in [0.4, 0.5) is 5.69 Å². The van der Waals surface area contributed by atoms with Crippen LogP contribution in [-0.4, -0.2) is 37.6 Å². The number of rotatable bonds is 7. The molecule has 0 saturated heterocycles. The van der Waals surface area contributed by atoms with Gasteiger partial charge in [0.25, 0.3) is 0 Å². The van der Waals surface area contributed by atoms with E-state index in [2.05, 4.69) is 17.1 Å². The predicted molar refractivity (Wildman–Crippen MR) is 130 cm³/mol. The van der Waals surface area contributed by atoms with Crippen molar-refractivity contribution in [1.29, 1.82) is 0 Å². The van der Waals surface area contributed by atoms with Gasteiger partial charge in [0.15, 0.2) is 0 Å². The number of methoxy groups -OCH3 is 2. The van der Waals surface area contributed by atoms with Gasteiger partial charge in [-0.05, 0) is 72.8 Å². The van der Waals surface area contributed by atoms with E-state index in [0.29, 0.717) is 18.3 Å². The third-order valence-corrected chi connectivity index (χ3v) is 8.27. The van der Waals surface area contributed by atoms with Gasteiger partial charge in [-0.15, -0.1) is 0 Å². The molecule has 1 aromatic heterocycles. The standard InChI is InChI=1S/C28H34N2O4/c1-33-25-14-21(11-12-29-25)20-9-6-10-23(13-20)30(26(31)19-7-4-3-5-8-19)18-28-15-22(16-28)24(17-28)27(32)34-2/h6,9-14,19,22,24H,3-5,7-8,15-18H2,1-2H3/t22?,24-,28?/m0/s1. The lowest BCUT2D eigenvalue weighted by atomic mass is 9.69. The van der Waals surface area contributed by atoms with Gasteiger partial charge < -0.3 is 14.4 Å². The van der Waals surface area contributed by atoms with E-state index in [0.717, 1.165) is 61.8 Å². The lowest BCUT2D eigenvalue weighted by Crippen LogP contribution is -2.46. The molecule has 1 amide bonds. The van der Waals surface area contributed by atoms with Crippen LogP contribution in [0, 0.1) is 23.2 Å². The Morgan fingerprint density at radius 3 is 2.53 bits per heavy atom. The zero-order valence-corrected chi connectivity index (χ0v) is 20.2. The fourth-order valence-electron chi connectivity index (χ4n) is 6.51. The third kappa shape index (κ3) is 4.30. The van der Waals surface area contributed by atoms with Crippen LogP contribution in [0.1, 0.15) is 51.4 Å². The maximum Gasteiger partial charge on any atom is 0.308 e. The van der Waals surface area contributed by atoms with Crippen molar-refractivity contribution in [2.45, 2.75) is 51.4 Å². The van der Waals surface area contributed by atoms with Crippen LogP contribution in [0.5, 0.6) is 5.88 Å². The van der Waals surface area contributed by atoms with Crippen LogP contribution < -0.4 is 9.64 Å². The zero-order valence-electron chi connectivity index (χ0n) is 20.2. The number of benzene rings is 1. The Morgan fingerprint density at radius 1 is 1.03 bits per heavy atom. The number of aromatic nitrogens is 1. The first kappa shape index (κ1) is 22.9. The molecule has 2 aromatic rings. The molecule has 0 N–H and O–H groups in total. The Kier molecular flexibility index (Phi) is 6.32. The average Bonchev–Trinajstić information content (AvgIpc) is 3.43. The van der Waals surface area contributed by atoms with Gasteiger partial charge in [-0.2, -0.15) is 0 Å². The molecule has 4 aliphatic rings. The van der Waals surface area contributed by atoms with Crippen molar-refractivity contribution in [2.75, 3.05) is 25.7 Å². The molecule has 34 heavy (non-hydrogen) atoms. The number of anilines is 1.